The molecule has 0 aromatic heterocycles. The third kappa shape index (κ3) is 3.47. The van der Waals surface area contributed by atoms with E-state index in [0.29, 0.717) is 6.54 Å². The number of benzene rings is 1. The number of β-amino-alcohol motifs (C(OH)–C–C–N with tert-alkyl or cyclic N) is 1. The lowest BCUT2D eigenvalue weighted by atomic mass is 9.96. The molecule has 4 nitrogen and oxygen atoms in total. The normalized spacial score (nSPS) is 23.9. The molecule has 1 aliphatic rings. The van der Waals surface area contributed by atoms with Gasteiger partial charge in [0.25, 0.3) is 0 Å². The van der Waals surface area contributed by atoms with Gasteiger partial charge in [0.15, 0.2) is 0 Å². The maximum Gasteiger partial charge on any atom is 0.119 e. The molecular formula is C15H24N2O2. The summed E-state index contributed by atoms with van der Waals surface area (Å²) in [4.78, 5) is 2.29. The quantitative estimate of drug-likeness (QED) is 0.866. The first-order valence-electron chi connectivity index (χ1n) is 6.93. The van der Waals surface area contributed by atoms with Crippen LogP contribution in [0.5, 0.6) is 5.75 Å². The number of rotatable bonds is 4. The summed E-state index contributed by atoms with van der Waals surface area (Å²) < 4.78 is 5.28. The predicted molar refractivity (Wildman–Crippen MR) is 76.2 cm³/mol. The zero-order valence-electron chi connectivity index (χ0n) is 11.7. The molecule has 0 spiro atoms. The van der Waals surface area contributed by atoms with E-state index in [1.54, 1.807) is 7.11 Å². The maximum absolute atomic E-state index is 9.85. The molecule has 1 aliphatic heterocycles. The van der Waals surface area contributed by atoms with Crippen molar-refractivity contribution in [2.45, 2.75) is 38.0 Å². The topological polar surface area (TPSA) is 58.7 Å². The molecule has 106 valence electrons. The Bertz CT molecular complexity index is 409. The summed E-state index contributed by atoms with van der Waals surface area (Å²) in [7, 11) is 1.67. The first-order valence-corrected chi connectivity index (χ1v) is 6.93. The van der Waals surface area contributed by atoms with Gasteiger partial charge in [0.1, 0.15) is 5.75 Å². The Kier molecular flexibility index (Phi) is 4.80. The van der Waals surface area contributed by atoms with Gasteiger partial charge in [0.2, 0.25) is 0 Å². The second-order valence-corrected chi connectivity index (χ2v) is 5.37. The predicted octanol–water partition coefficient (Wildman–Crippen LogP) is 1.54. The Balaban J connectivity index is 2.23. The van der Waals surface area contributed by atoms with Gasteiger partial charge in [-0.05, 0) is 44.0 Å². The van der Waals surface area contributed by atoms with Gasteiger partial charge >= 0.3 is 0 Å². The van der Waals surface area contributed by atoms with Gasteiger partial charge in [-0.15, -0.1) is 0 Å². The van der Waals surface area contributed by atoms with E-state index in [4.69, 9.17) is 10.5 Å². The highest BCUT2D eigenvalue weighted by Crippen LogP contribution is 2.29. The van der Waals surface area contributed by atoms with Crippen molar-refractivity contribution in [3.63, 3.8) is 0 Å². The lowest BCUT2D eigenvalue weighted by Gasteiger charge is -2.39. The Hall–Kier alpha value is -1.10. The van der Waals surface area contributed by atoms with E-state index >= 15 is 0 Å². The Morgan fingerprint density at radius 3 is 2.89 bits per heavy atom. The summed E-state index contributed by atoms with van der Waals surface area (Å²) in [5.74, 6) is 0.848. The molecule has 1 aromatic rings. The zero-order valence-corrected chi connectivity index (χ0v) is 11.7. The lowest BCUT2D eigenvalue weighted by Crippen LogP contribution is -2.46. The van der Waals surface area contributed by atoms with Crippen LogP contribution >= 0.6 is 0 Å². The standard InChI is InChI=1S/C15H24N2O2/c1-11(16)15(17-8-4-6-13(18)10-17)12-5-3-7-14(9-12)19-2/h3,5,7,9,11,13,15,18H,4,6,8,10,16H2,1-2H3. The summed E-state index contributed by atoms with van der Waals surface area (Å²) in [6, 6.07) is 8.19. The third-order valence-electron chi connectivity index (χ3n) is 3.75. The Morgan fingerprint density at radius 1 is 1.47 bits per heavy atom. The van der Waals surface area contributed by atoms with Crippen molar-refractivity contribution in [1.29, 1.82) is 0 Å². The number of nitrogens with two attached hydrogens (primary N) is 1. The fourth-order valence-corrected chi connectivity index (χ4v) is 2.91. The van der Waals surface area contributed by atoms with Crippen molar-refractivity contribution < 1.29 is 9.84 Å². The molecule has 4 heteroatoms. The minimum atomic E-state index is -0.236. The summed E-state index contributed by atoms with van der Waals surface area (Å²) >= 11 is 0. The van der Waals surface area contributed by atoms with E-state index in [0.717, 1.165) is 30.7 Å². The van der Waals surface area contributed by atoms with Crippen LogP contribution < -0.4 is 10.5 Å². The van der Waals surface area contributed by atoms with Crippen molar-refractivity contribution in [1.82, 2.24) is 4.90 Å². The molecule has 1 heterocycles. The average molecular weight is 264 g/mol. The van der Waals surface area contributed by atoms with Crippen molar-refractivity contribution in [2.24, 2.45) is 5.73 Å². The molecule has 0 amide bonds. The van der Waals surface area contributed by atoms with Crippen LogP contribution in [0, 0.1) is 0 Å². The van der Waals surface area contributed by atoms with Gasteiger partial charge in [0, 0.05) is 18.6 Å². The van der Waals surface area contributed by atoms with Crippen LogP contribution in [0.4, 0.5) is 0 Å². The number of aliphatic hydroxyl groups excluding tert-OH is 1. The van der Waals surface area contributed by atoms with E-state index in [1.807, 2.05) is 25.1 Å². The molecule has 3 unspecified atom stereocenters. The van der Waals surface area contributed by atoms with Crippen molar-refractivity contribution >= 4 is 0 Å². The molecule has 2 rings (SSSR count). The Labute approximate surface area is 115 Å². The van der Waals surface area contributed by atoms with E-state index in [-0.39, 0.29) is 18.2 Å². The molecule has 3 N–H and O–H groups in total. The first kappa shape index (κ1) is 14.3. The number of aliphatic hydroxyl groups is 1. The number of hydrogen-bond donors (Lipinski definition) is 2. The number of nitrogens with zero attached hydrogens (tertiary/aromatic N) is 1. The van der Waals surface area contributed by atoms with Crippen LogP contribution in [0.3, 0.4) is 0 Å². The molecule has 3 atom stereocenters. The van der Waals surface area contributed by atoms with E-state index in [1.165, 1.54) is 0 Å². The van der Waals surface area contributed by atoms with E-state index < -0.39 is 0 Å². The molecule has 1 saturated heterocycles. The van der Waals surface area contributed by atoms with Crippen LogP contribution in [0.15, 0.2) is 24.3 Å². The summed E-state index contributed by atoms with van der Waals surface area (Å²) in [5.41, 5.74) is 7.33. The van der Waals surface area contributed by atoms with Gasteiger partial charge < -0.3 is 15.6 Å². The molecule has 1 fully saturated rings. The maximum atomic E-state index is 9.85. The van der Waals surface area contributed by atoms with E-state index in [9.17, 15) is 5.11 Å². The molecule has 19 heavy (non-hydrogen) atoms. The van der Waals surface area contributed by atoms with Crippen molar-refractivity contribution in [3.8, 4) is 5.75 Å². The highest BCUT2D eigenvalue weighted by atomic mass is 16.5. The number of likely N-dealkylation sites (tertiary alicyclic amines) is 1. The molecule has 0 bridgehead atoms. The summed E-state index contributed by atoms with van der Waals surface area (Å²) in [5, 5.41) is 9.85. The SMILES string of the molecule is COc1cccc(C(C(C)N)N2CCCC(O)C2)c1. The number of piperidine rings is 1. The summed E-state index contributed by atoms with van der Waals surface area (Å²) in [6.07, 6.45) is 1.68. The minimum absolute atomic E-state index is 0.0115. The summed E-state index contributed by atoms with van der Waals surface area (Å²) in [6.45, 7) is 3.70. The first-order chi connectivity index (χ1) is 9.11. The van der Waals surface area contributed by atoms with Crippen LogP contribution in [0.25, 0.3) is 0 Å². The molecule has 0 saturated carbocycles. The second-order valence-electron chi connectivity index (χ2n) is 5.37. The zero-order chi connectivity index (χ0) is 13.8. The molecule has 0 aliphatic carbocycles. The number of methoxy groups -OCH3 is 1. The smallest absolute Gasteiger partial charge is 0.119 e. The van der Waals surface area contributed by atoms with Crippen LogP contribution in [0.2, 0.25) is 0 Å². The highest BCUT2D eigenvalue weighted by Gasteiger charge is 2.28. The van der Waals surface area contributed by atoms with Gasteiger partial charge in [0.05, 0.1) is 13.2 Å². The molecule has 0 radical (unpaired) electrons. The van der Waals surface area contributed by atoms with Crippen molar-refractivity contribution in [2.75, 3.05) is 20.2 Å². The number of hydrogen-bond acceptors (Lipinski definition) is 4. The monoisotopic (exact) mass is 264 g/mol. The molecular weight excluding hydrogens is 240 g/mol. The van der Waals surface area contributed by atoms with E-state index in [2.05, 4.69) is 11.0 Å². The highest BCUT2D eigenvalue weighted by molar-refractivity contribution is 5.31. The van der Waals surface area contributed by atoms with Gasteiger partial charge in [-0.25, -0.2) is 0 Å². The van der Waals surface area contributed by atoms with Crippen molar-refractivity contribution in [3.05, 3.63) is 29.8 Å². The van der Waals surface area contributed by atoms with Gasteiger partial charge in [-0.1, -0.05) is 12.1 Å². The lowest BCUT2D eigenvalue weighted by molar-refractivity contribution is 0.0404. The van der Waals surface area contributed by atoms with Crippen LogP contribution in [-0.4, -0.2) is 42.4 Å². The number of ether oxygens (including phenoxy) is 1. The largest absolute Gasteiger partial charge is 0.497 e. The third-order valence-corrected chi connectivity index (χ3v) is 3.75. The average Bonchev–Trinajstić information content (AvgIpc) is 2.39. The molecule has 1 aromatic carbocycles. The fraction of sp³-hybridized carbons (Fsp3) is 0.600. The van der Waals surface area contributed by atoms with Gasteiger partial charge in [-0.3, -0.25) is 4.90 Å². The van der Waals surface area contributed by atoms with Crippen LogP contribution in [-0.2, 0) is 0 Å². The van der Waals surface area contributed by atoms with Gasteiger partial charge in [-0.2, -0.15) is 0 Å². The Morgan fingerprint density at radius 2 is 2.26 bits per heavy atom. The fourth-order valence-electron chi connectivity index (χ4n) is 2.91. The van der Waals surface area contributed by atoms with Crippen LogP contribution in [0.1, 0.15) is 31.4 Å². The minimum Gasteiger partial charge on any atom is -0.497 e. The second kappa shape index (κ2) is 6.37.